The molecule has 0 bridgehead atoms. The molecule has 0 aliphatic heterocycles. The molecule has 0 aliphatic carbocycles. The molecule has 0 saturated carbocycles. The van der Waals surface area contributed by atoms with Crippen LogP contribution in [0.4, 0.5) is 0 Å². The Morgan fingerprint density at radius 1 is 0.920 bits per heavy atom. The number of aromatic nitrogens is 1. The first-order valence-corrected chi connectivity index (χ1v) is 11.4. The van der Waals surface area contributed by atoms with E-state index in [0.717, 1.165) is 37.6 Å². The average molecular weight is 431 g/mol. The Labute approximate surface area is 169 Å². The number of halogens is 2. The number of hydrogen-bond acceptors (Lipinski definition) is 1. The molecule has 0 saturated heterocycles. The Morgan fingerprint density at radius 2 is 1.28 bits per heavy atom. The van der Waals surface area contributed by atoms with E-state index < -0.39 is 0 Å². The van der Waals surface area contributed by atoms with Crippen molar-refractivity contribution in [3.05, 3.63) is 50.9 Å². The first-order chi connectivity index (χ1) is 11.9. The maximum atomic E-state index is 4.80. The summed E-state index contributed by atoms with van der Waals surface area (Å²) >= 11 is 0.00694. The van der Waals surface area contributed by atoms with Crippen LogP contribution in [0.5, 0.6) is 0 Å². The second-order valence-electron chi connectivity index (χ2n) is 5.48. The van der Waals surface area contributed by atoms with Crippen molar-refractivity contribution in [3.63, 3.8) is 0 Å². The molecule has 8 heteroatoms. The van der Waals surface area contributed by atoms with Crippen molar-refractivity contribution in [2.75, 3.05) is 40.3 Å². The minimum atomic E-state index is 0.00694. The second-order valence-corrected chi connectivity index (χ2v) is 7.43. The van der Waals surface area contributed by atoms with E-state index in [2.05, 4.69) is 40.1 Å². The molecule has 149 valence electrons. The quantitative estimate of drug-likeness (QED) is 0.371. The van der Waals surface area contributed by atoms with E-state index >= 15 is 0 Å². The predicted octanol–water partition coefficient (Wildman–Crippen LogP) is 5.59. The zero-order chi connectivity index (χ0) is 19.5. The summed E-state index contributed by atoms with van der Waals surface area (Å²) in [6, 6.07) is 6.67. The molecule has 0 aromatic carbocycles. The zero-order valence-corrected chi connectivity index (χ0v) is 18.8. The Hall–Kier alpha value is 0.0895. The molecule has 2 atom stereocenters. The number of likely N-dealkylation sites (N-methyl/N-ethyl adjacent to an activating group) is 2. The van der Waals surface area contributed by atoms with Crippen LogP contribution in [0.15, 0.2) is 18.2 Å². The third-order valence-electron chi connectivity index (χ3n) is 2.90. The second kappa shape index (κ2) is 20.4. The monoisotopic (exact) mass is 430 g/mol. The Morgan fingerprint density at radius 3 is 1.52 bits per heavy atom. The van der Waals surface area contributed by atoms with E-state index in [0.29, 0.717) is 12.1 Å². The van der Waals surface area contributed by atoms with Gasteiger partial charge in [0, 0.05) is 11.4 Å². The molecular weight excluding hydrogens is 400 g/mol. The van der Waals surface area contributed by atoms with Gasteiger partial charge in [-0.15, -0.1) is 0 Å². The van der Waals surface area contributed by atoms with Gasteiger partial charge in [-0.25, -0.2) is 0 Å². The van der Waals surface area contributed by atoms with Crippen LogP contribution in [0.3, 0.4) is 0 Å². The summed E-state index contributed by atoms with van der Waals surface area (Å²) in [5.41, 5.74) is 2.18. The fourth-order valence-corrected chi connectivity index (χ4v) is 1.88. The summed E-state index contributed by atoms with van der Waals surface area (Å²) in [7, 11) is 13.2. The van der Waals surface area contributed by atoms with Gasteiger partial charge < -0.3 is 21.3 Å². The summed E-state index contributed by atoms with van der Waals surface area (Å²) in [6.45, 7) is 11.4. The minimum absolute atomic E-state index is 0.00694. The van der Waals surface area contributed by atoms with Crippen LogP contribution in [-0.4, -0.2) is 57.3 Å². The third kappa shape index (κ3) is 22.0. The normalized spacial score (nSPS) is 12.3. The molecule has 0 amide bonds. The SMILES string of the molecule is C[N-]C[C@H](C)[N-]CC[N-][C@@H](C)C[N-]C.Cc1cccc(C)n1.[Cl][Mn][Cl]. The molecule has 0 radical (unpaired) electrons. The van der Waals surface area contributed by atoms with Gasteiger partial charge in [-0.05, 0) is 26.0 Å². The average Bonchev–Trinajstić information content (AvgIpc) is 2.53. The van der Waals surface area contributed by atoms with Crippen LogP contribution in [0, 0.1) is 13.8 Å². The van der Waals surface area contributed by atoms with Crippen LogP contribution in [0.2, 0.25) is 0 Å². The third-order valence-corrected chi connectivity index (χ3v) is 2.90. The van der Waals surface area contributed by atoms with Gasteiger partial charge >= 0.3 is 33.3 Å². The van der Waals surface area contributed by atoms with Gasteiger partial charge in [-0.1, -0.05) is 19.9 Å². The van der Waals surface area contributed by atoms with Gasteiger partial charge in [0.2, 0.25) is 0 Å². The first kappa shape index (κ1) is 27.3. The van der Waals surface area contributed by atoms with Crippen LogP contribution in [0.25, 0.3) is 21.3 Å². The molecule has 1 heterocycles. The molecule has 0 aliphatic rings. The van der Waals surface area contributed by atoms with Crippen LogP contribution in [0.1, 0.15) is 25.2 Å². The van der Waals surface area contributed by atoms with Crippen LogP contribution in [-0.2, 0) is 13.1 Å². The summed E-state index contributed by atoms with van der Waals surface area (Å²) in [5, 5.41) is 16.9. The van der Waals surface area contributed by atoms with E-state index in [1.54, 1.807) is 0 Å². The van der Waals surface area contributed by atoms with Crippen molar-refractivity contribution in [1.29, 1.82) is 0 Å². The fourth-order valence-electron chi connectivity index (χ4n) is 1.88. The van der Waals surface area contributed by atoms with Crippen molar-refractivity contribution in [2.45, 2.75) is 39.8 Å². The Balaban J connectivity index is 0. The van der Waals surface area contributed by atoms with Gasteiger partial charge in [0.25, 0.3) is 0 Å². The van der Waals surface area contributed by atoms with E-state index in [1.807, 2.05) is 46.1 Å². The number of hydrogen-bond donors (Lipinski definition) is 0. The van der Waals surface area contributed by atoms with E-state index in [9.17, 15) is 0 Å². The van der Waals surface area contributed by atoms with Crippen molar-refractivity contribution < 1.29 is 13.1 Å². The van der Waals surface area contributed by atoms with Crippen molar-refractivity contribution >= 4 is 20.2 Å². The van der Waals surface area contributed by atoms with Gasteiger partial charge in [-0.2, -0.15) is 52.4 Å². The predicted molar refractivity (Wildman–Crippen MR) is 109 cm³/mol. The molecule has 0 spiro atoms. The summed E-state index contributed by atoms with van der Waals surface area (Å²) < 4.78 is 0. The van der Waals surface area contributed by atoms with E-state index in [-0.39, 0.29) is 13.1 Å². The topological polar surface area (TPSA) is 69.3 Å². The number of rotatable bonds is 9. The number of aryl methyl sites for hydroxylation is 2. The molecule has 0 unspecified atom stereocenters. The van der Waals surface area contributed by atoms with Gasteiger partial charge in [0.15, 0.2) is 0 Å². The molecule has 0 fully saturated rings. The van der Waals surface area contributed by atoms with Crippen molar-refractivity contribution in [2.24, 2.45) is 0 Å². The zero-order valence-electron chi connectivity index (χ0n) is 16.1. The summed E-state index contributed by atoms with van der Waals surface area (Å²) in [5.74, 6) is 0. The van der Waals surface area contributed by atoms with Crippen molar-refractivity contribution in [1.82, 2.24) is 4.98 Å². The molecular formula is C17H31Cl2MnN5-4. The van der Waals surface area contributed by atoms with Crippen LogP contribution < -0.4 is 0 Å². The molecule has 1 aromatic heterocycles. The van der Waals surface area contributed by atoms with Gasteiger partial charge in [-0.3, -0.25) is 4.98 Å². The van der Waals surface area contributed by atoms with E-state index in [1.165, 1.54) is 0 Å². The van der Waals surface area contributed by atoms with Gasteiger partial charge in [0.1, 0.15) is 0 Å². The number of nitrogens with zero attached hydrogens (tertiary/aromatic N) is 5. The Kier molecular flexibility index (Phi) is 22.3. The maximum absolute atomic E-state index is 4.80. The molecule has 0 N–H and O–H groups in total. The standard InChI is InChI=1S/C10H22N4.C7H9N.2ClH.Mn/c1-9(7-11-3)13-5-6-14-10(2)8-12-4;1-6-4-3-5-7(2)8-6;;;/h9-10H,5-8H2,1-4H3;3-5H,1-2H3;2*1H;/q-4;;;;+2/p-2/t9-,10-;;;;/m0..../s1. The molecule has 1 aromatic rings. The fraction of sp³-hybridized carbons (Fsp3) is 0.706. The summed E-state index contributed by atoms with van der Waals surface area (Å²) in [4.78, 5) is 4.17. The van der Waals surface area contributed by atoms with Crippen LogP contribution >= 0.6 is 20.2 Å². The Bertz CT molecular complexity index is 368. The van der Waals surface area contributed by atoms with Gasteiger partial charge in [0.05, 0.1) is 0 Å². The van der Waals surface area contributed by atoms with Crippen molar-refractivity contribution in [3.8, 4) is 0 Å². The molecule has 25 heavy (non-hydrogen) atoms. The first-order valence-electron chi connectivity index (χ1n) is 8.12. The summed E-state index contributed by atoms with van der Waals surface area (Å²) in [6.07, 6.45) is 0. The van der Waals surface area contributed by atoms with E-state index in [4.69, 9.17) is 20.2 Å². The number of pyridine rings is 1. The molecule has 5 nitrogen and oxygen atoms in total. The molecule has 1 rings (SSSR count).